The van der Waals surface area contributed by atoms with Gasteiger partial charge in [0.25, 0.3) is 5.88 Å². The number of imidazole rings is 1. The van der Waals surface area contributed by atoms with Gasteiger partial charge in [0.05, 0.1) is 18.6 Å². The van der Waals surface area contributed by atoms with Crippen molar-refractivity contribution in [3.8, 4) is 11.6 Å². The third-order valence-electron chi connectivity index (χ3n) is 4.50. The van der Waals surface area contributed by atoms with Crippen molar-refractivity contribution in [2.75, 3.05) is 5.32 Å². The number of aliphatic hydroxyl groups is 1. The van der Waals surface area contributed by atoms with Gasteiger partial charge in [0, 0.05) is 12.4 Å². The zero-order valence-electron chi connectivity index (χ0n) is 15.3. The predicted octanol–water partition coefficient (Wildman–Crippen LogP) is 2.74. The van der Waals surface area contributed by atoms with E-state index >= 15 is 0 Å². The van der Waals surface area contributed by atoms with Gasteiger partial charge in [-0.1, -0.05) is 6.07 Å². The quantitative estimate of drug-likeness (QED) is 0.495. The maximum Gasteiger partial charge on any atom is 0.263 e. The number of fused-ring (bicyclic) bond motifs is 3. The first-order valence-electron chi connectivity index (χ1n) is 8.76. The summed E-state index contributed by atoms with van der Waals surface area (Å²) in [7, 11) is 0. The fourth-order valence-electron chi connectivity index (χ4n) is 3.22. The van der Waals surface area contributed by atoms with E-state index in [4.69, 9.17) is 4.74 Å². The number of rotatable bonds is 3. The number of benzene rings is 1. The molecule has 0 bridgehead atoms. The molecular weight excluding hydrogens is 358 g/mol. The molecule has 0 spiro atoms. The zero-order chi connectivity index (χ0) is 19.3. The highest BCUT2D eigenvalue weighted by atomic mass is 16.5. The van der Waals surface area contributed by atoms with E-state index in [2.05, 4.69) is 30.2 Å². The van der Waals surface area contributed by atoms with E-state index in [1.807, 2.05) is 22.8 Å². The van der Waals surface area contributed by atoms with Gasteiger partial charge in [-0.3, -0.25) is 0 Å². The van der Waals surface area contributed by atoms with Gasteiger partial charge in [0.1, 0.15) is 23.1 Å². The lowest BCUT2D eigenvalue weighted by Gasteiger charge is -2.20. The average Bonchev–Trinajstić information content (AvgIpc) is 3.08. The highest BCUT2D eigenvalue weighted by Gasteiger charge is 2.24. The van der Waals surface area contributed by atoms with Crippen LogP contribution in [0.25, 0.3) is 11.2 Å². The number of aromatic nitrogens is 6. The number of anilines is 2. The van der Waals surface area contributed by atoms with Gasteiger partial charge in [-0.25, -0.2) is 24.9 Å². The fourth-order valence-corrected chi connectivity index (χ4v) is 3.22. The van der Waals surface area contributed by atoms with Gasteiger partial charge < -0.3 is 19.7 Å². The standard InChI is InChI=1S/C19H17N7O2/c1-19(2,27)15-14-17(23-9-22-15)26(10-24-14)8-11-3-4-13-12(7-11)25-16-18(28-13)21-6-5-20-16/h3-7,9-10,27H,8H2,1-2H3,(H,20,25). The molecule has 4 heterocycles. The summed E-state index contributed by atoms with van der Waals surface area (Å²) in [6.45, 7) is 3.93. The molecular formula is C19H17N7O2. The molecule has 0 saturated carbocycles. The van der Waals surface area contributed by atoms with Crippen molar-refractivity contribution in [3.05, 3.63) is 54.5 Å². The summed E-state index contributed by atoms with van der Waals surface area (Å²) in [5.41, 5.74) is 2.53. The van der Waals surface area contributed by atoms with Gasteiger partial charge in [-0.05, 0) is 31.5 Å². The molecule has 0 saturated heterocycles. The molecule has 140 valence electrons. The van der Waals surface area contributed by atoms with Crippen LogP contribution in [-0.4, -0.2) is 34.6 Å². The van der Waals surface area contributed by atoms with Crippen LogP contribution in [0.2, 0.25) is 0 Å². The lowest BCUT2D eigenvalue weighted by molar-refractivity contribution is 0.0753. The Bertz CT molecular complexity index is 1200. The molecule has 1 aromatic carbocycles. The molecule has 0 atom stereocenters. The summed E-state index contributed by atoms with van der Waals surface area (Å²) in [6.07, 6.45) is 6.36. The highest BCUT2D eigenvalue weighted by molar-refractivity contribution is 5.74. The summed E-state index contributed by atoms with van der Waals surface area (Å²) >= 11 is 0. The van der Waals surface area contributed by atoms with Crippen LogP contribution in [0.4, 0.5) is 11.5 Å². The Balaban J connectivity index is 1.48. The van der Waals surface area contributed by atoms with Crippen LogP contribution in [0.3, 0.4) is 0 Å². The molecule has 28 heavy (non-hydrogen) atoms. The Kier molecular flexibility index (Phi) is 3.53. The summed E-state index contributed by atoms with van der Waals surface area (Å²) in [5.74, 6) is 1.74. The molecule has 4 aromatic rings. The number of hydrogen-bond donors (Lipinski definition) is 2. The van der Waals surface area contributed by atoms with Gasteiger partial charge in [0.15, 0.2) is 17.2 Å². The SMILES string of the molecule is CC(C)(O)c1ncnc2c1ncn2Cc1ccc2c(c1)Nc1nccnc1O2. The first-order valence-corrected chi connectivity index (χ1v) is 8.76. The predicted molar refractivity (Wildman–Crippen MR) is 102 cm³/mol. The molecule has 0 fully saturated rings. The summed E-state index contributed by atoms with van der Waals surface area (Å²) < 4.78 is 7.71. The average molecular weight is 375 g/mol. The van der Waals surface area contributed by atoms with Crippen LogP contribution in [0.1, 0.15) is 25.1 Å². The van der Waals surface area contributed by atoms with E-state index < -0.39 is 5.60 Å². The first-order chi connectivity index (χ1) is 13.5. The third kappa shape index (κ3) is 2.72. The molecule has 3 aromatic heterocycles. The molecule has 1 aliphatic rings. The Labute approximate surface area is 160 Å². The van der Waals surface area contributed by atoms with Gasteiger partial charge >= 0.3 is 0 Å². The van der Waals surface area contributed by atoms with Crippen molar-refractivity contribution in [1.29, 1.82) is 0 Å². The van der Waals surface area contributed by atoms with E-state index in [0.29, 0.717) is 40.8 Å². The van der Waals surface area contributed by atoms with Crippen LogP contribution < -0.4 is 10.1 Å². The van der Waals surface area contributed by atoms with Crippen LogP contribution in [-0.2, 0) is 12.1 Å². The molecule has 0 amide bonds. The van der Waals surface area contributed by atoms with Crippen molar-refractivity contribution in [1.82, 2.24) is 29.5 Å². The fraction of sp³-hybridized carbons (Fsp3) is 0.211. The molecule has 0 radical (unpaired) electrons. The van der Waals surface area contributed by atoms with E-state index in [1.165, 1.54) is 6.33 Å². The van der Waals surface area contributed by atoms with Crippen molar-refractivity contribution in [3.63, 3.8) is 0 Å². The molecule has 9 heteroatoms. The number of ether oxygens (including phenoxy) is 1. The summed E-state index contributed by atoms with van der Waals surface area (Å²) in [4.78, 5) is 21.4. The maximum atomic E-state index is 10.3. The number of nitrogens with one attached hydrogen (secondary N) is 1. The molecule has 1 aliphatic heterocycles. The molecule has 5 rings (SSSR count). The van der Waals surface area contributed by atoms with Crippen LogP contribution in [0.5, 0.6) is 11.6 Å². The minimum Gasteiger partial charge on any atom is -0.434 e. The summed E-state index contributed by atoms with van der Waals surface area (Å²) in [5, 5.41) is 13.6. The number of nitrogens with zero attached hydrogens (tertiary/aromatic N) is 6. The van der Waals surface area contributed by atoms with E-state index in [-0.39, 0.29) is 0 Å². The Morgan fingerprint density at radius 2 is 1.96 bits per heavy atom. The van der Waals surface area contributed by atoms with E-state index in [9.17, 15) is 5.11 Å². The Morgan fingerprint density at radius 1 is 1.11 bits per heavy atom. The van der Waals surface area contributed by atoms with Crippen LogP contribution in [0.15, 0.2) is 43.2 Å². The van der Waals surface area contributed by atoms with Crippen molar-refractivity contribution < 1.29 is 9.84 Å². The van der Waals surface area contributed by atoms with Gasteiger partial charge in [0.2, 0.25) is 0 Å². The Morgan fingerprint density at radius 3 is 2.82 bits per heavy atom. The molecule has 0 aliphatic carbocycles. The van der Waals surface area contributed by atoms with Crippen molar-refractivity contribution in [2.24, 2.45) is 0 Å². The van der Waals surface area contributed by atoms with Crippen molar-refractivity contribution in [2.45, 2.75) is 26.0 Å². The normalized spacial score (nSPS) is 12.8. The lowest BCUT2D eigenvalue weighted by Crippen LogP contribution is -2.18. The minimum absolute atomic E-state index is 0.458. The topological polar surface area (TPSA) is 111 Å². The van der Waals surface area contributed by atoms with Crippen LogP contribution in [0, 0.1) is 0 Å². The second-order valence-corrected chi connectivity index (χ2v) is 7.09. The minimum atomic E-state index is -1.10. The second kappa shape index (κ2) is 5.96. The maximum absolute atomic E-state index is 10.3. The first kappa shape index (κ1) is 16.6. The lowest BCUT2D eigenvalue weighted by atomic mass is 10.0. The van der Waals surface area contributed by atoms with Gasteiger partial charge in [-0.15, -0.1) is 0 Å². The molecule has 9 nitrogen and oxygen atoms in total. The largest absolute Gasteiger partial charge is 0.434 e. The smallest absolute Gasteiger partial charge is 0.263 e. The van der Waals surface area contributed by atoms with E-state index in [1.54, 1.807) is 32.6 Å². The monoisotopic (exact) mass is 375 g/mol. The van der Waals surface area contributed by atoms with Gasteiger partial charge in [-0.2, -0.15) is 0 Å². The third-order valence-corrected chi connectivity index (χ3v) is 4.50. The summed E-state index contributed by atoms with van der Waals surface area (Å²) in [6, 6.07) is 5.87. The van der Waals surface area contributed by atoms with Crippen molar-refractivity contribution >= 4 is 22.7 Å². The molecule has 0 unspecified atom stereocenters. The Hall–Kier alpha value is -3.59. The van der Waals surface area contributed by atoms with E-state index in [0.717, 1.165) is 11.3 Å². The second-order valence-electron chi connectivity index (χ2n) is 7.09. The zero-order valence-corrected chi connectivity index (χ0v) is 15.3. The highest BCUT2D eigenvalue weighted by Crippen LogP contribution is 2.39. The molecule has 2 N–H and O–H groups in total. The number of hydrogen-bond acceptors (Lipinski definition) is 8. The van der Waals surface area contributed by atoms with Crippen LogP contribution >= 0.6 is 0 Å².